The molecule has 0 N–H and O–H groups in total. The van der Waals surface area contributed by atoms with E-state index in [0.29, 0.717) is 0 Å². The summed E-state index contributed by atoms with van der Waals surface area (Å²) in [5, 5.41) is 2.95. The fourth-order valence-corrected chi connectivity index (χ4v) is 4.40. The fourth-order valence-electron chi connectivity index (χ4n) is 1.92. The Bertz CT molecular complexity index is 420. The first-order valence-electron chi connectivity index (χ1n) is 6.30. The van der Waals surface area contributed by atoms with E-state index in [1.165, 1.54) is 16.8 Å². The Balaban J connectivity index is 0. The van der Waals surface area contributed by atoms with Crippen molar-refractivity contribution < 1.29 is 21.1 Å². The van der Waals surface area contributed by atoms with Crippen LogP contribution in [0.3, 0.4) is 0 Å². The molecule has 0 aliphatic heterocycles. The second kappa shape index (κ2) is 12.1. The van der Waals surface area contributed by atoms with Crippen molar-refractivity contribution in [2.24, 2.45) is 0 Å². The minimum atomic E-state index is -0.225. The molecular formula is C18H26NPPt. The van der Waals surface area contributed by atoms with Crippen LogP contribution in [-0.4, -0.2) is 31.7 Å². The van der Waals surface area contributed by atoms with Crippen molar-refractivity contribution in [1.29, 1.82) is 0 Å². The Morgan fingerprint density at radius 3 is 1.48 bits per heavy atom. The third-order valence-electron chi connectivity index (χ3n) is 2.91. The topological polar surface area (TPSA) is 3.24 Å². The molecule has 0 amide bonds. The summed E-state index contributed by atoms with van der Waals surface area (Å²) in [6, 6.07) is 21.8. The fraction of sp³-hybridized carbons (Fsp3) is 0.222. The smallest absolute Gasteiger partial charge is 0.358 e. The maximum Gasteiger partial charge on any atom is 2.00 e. The van der Waals surface area contributed by atoms with E-state index in [1.54, 1.807) is 0 Å². The molecule has 2 aromatic rings. The largest absolute Gasteiger partial charge is 2.00 e. The zero-order chi connectivity index (χ0) is 12.8. The summed E-state index contributed by atoms with van der Waals surface area (Å²) in [5.74, 6) is 0. The molecular weight excluding hydrogens is 456 g/mol. The van der Waals surface area contributed by atoms with Gasteiger partial charge in [-0.3, -0.25) is 0 Å². The van der Waals surface area contributed by atoms with Gasteiger partial charge in [0.2, 0.25) is 0 Å². The molecule has 0 atom stereocenters. The van der Waals surface area contributed by atoms with E-state index in [2.05, 4.69) is 79.7 Å². The molecule has 0 bridgehead atoms. The molecule has 0 saturated carbocycles. The van der Waals surface area contributed by atoms with Crippen molar-refractivity contribution in [3.63, 3.8) is 0 Å². The van der Waals surface area contributed by atoms with Gasteiger partial charge in [-0.25, -0.2) is 0 Å². The average Bonchev–Trinajstić information content (AvgIpc) is 2.41. The van der Waals surface area contributed by atoms with Crippen molar-refractivity contribution in [1.82, 2.24) is 4.90 Å². The van der Waals surface area contributed by atoms with Crippen molar-refractivity contribution in [3.05, 3.63) is 75.5 Å². The second-order valence-electron chi connectivity index (χ2n) is 4.63. The zero-order valence-corrected chi connectivity index (χ0v) is 16.6. The van der Waals surface area contributed by atoms with Gasteiger partial charge in [0.1, 0.15) is 0 Å². The van der Waals surface area contributed by atoms with Gasteiger partial charge in [-0.2, -0.15) is 0 Å². The number of nitrogens with zero attached hydrogens (tertiary/aromatic N) is 1. The SMILES string of the molecule is CN(C)CCP(c1ccccc1)c1ccccc1.[CH3-].[CH3-].[Pt+2]. The normalized spacial score (nSPS) is 9.52. The van der Waals surface area contributed by atoms with Gasteiger partial charge in [0, 0.05) is 6.54 Å². The second-order valence-corrected chi connectivity index (χ2v) is 6.96. The van der Waals surface area contributed by atoms with Crippen LogP contribution in [0.25, 0.3) is 0 Å². The van der Waals surface area contributed by atoms with E-state index in [1.807, 2.05) is 0 Å². The van der Waals surface area contributed by atoms with Crippen LogP contribution < -0.4 is 10.6 Å². The first-order valence-corrected chi connectivity index (χ1v) is 7.82. The van der Waals surface area contributed by atoms with E-state index in [9.17, 15) is 0 Å². The first kappa shape index (κ1) is 22.8. The molecule has 0 saturated heterocycles. The van der Waals surface area contributed by atoms with Crippen molar-refractivity contribution in [3.8, 4) is 0 Å². The summed E-state index contributed by atoms with van der Waals surface area (Å²) in [5.41, 5.74) is 0. The van der Waals surface area contributed by atoms with Gasteiger partial charge >= 0.3 is 21.1 Å². The third-order valence-corrected chi connectivity index (χ3v) is 5.40. The maximum absolute atomic E-state index is 2.27. The Labute approximate surface area is 146 Å². The average molecular weight is 482 g/mol. The molecule has 0 unspecified atom stereocenters. The van der Waals surface area contributed by atoms with Crippen molar-refractivity contribution in [2.75, 3.05) is 26.8 Å². The molecule has 21 heavy (non-hydrogen) atoms. The molecule has 0 radical (unpaired) electrons. The van der Waals surface area contributed by atoms with E-state index < -0.39 is 0 Å². The van der Waals surface area contributed by atoms with E-state index in [-0.39, 0.29) is 43.8 Å². The van der Waals surface area contributed by atoms with Gasteiger partial charge in [0.05, 0.1) is 0 Å². The van der Waals surface area contributed by atoms with Crippen LogP contribution in [0.5, 0.6) is 0 Å². The summed E-state index contributed by atoms with van der Waals surface area (Å²) < 4.78 is 0. The van der Waals surface area contributed by atoms with Crippen molar-refractivity contribution >= 4 is 18.5 Å². The van der Waals surface area contributed by atoms with Gasteiger partial charge in [0.25, 0.3) is 0 Å². The van der Waals surface area contributed by atoms with Crippen LogP contribution in [0.2, 0.25) is 0 Å². The molecule has 0 heterocycles. The molecule has 2 rings (SSSR count). The Morgan fingerprint density at radius 1 is 0.762 bits per heavy atom. The Hall–Kier alpha value is -0.482. The molecule has 3 heteroatoms. The predicted octanol–water partition coefficient (Wildman–Crippen LogP) is 3.58. The number of rotatable bonds is 5. The zero-order valence-electron chi connectivity index (χ0n) is 13.4. The maximum atomic E-state index is 2.27. The number of hydrogen-bond acceptors (Lipinski definition) is 1. The summed E-state index contributed by atoms with van der Waals surface area (Å²) in [7, 11) is 4.06. The van der Waals surface area contributed by atoms with Gasteiger partial charge in [-0.15, -0.1) is 0 Å². The van der Waals surface area contributed by atoms with Crippen LogP contribution in [0, 0.1) is 14.9 Å². The van der Waals surface area contributed by atoms with Crippen LogP contribution >= 0.6 is 7.92 Å². The van der Waals surface area contributed by atoms with Gasteiger partial charge in [0.15, 0.2) is 0 Å². The molecule has 0 aromatic heterocycles. The summed E-state index contributed by atoms with van der Waals surface area (Å²) in [6.07, 6.45) is 1.22. The van der Waals surface area contributed by atoms with Crippen molar-refractivity contribution in [2.45, 2.75) is 0 Å². The van der Waals surface area contributed by atoms with Crippen LogP contribution in [-0.2, 0) is 21.1 Å². The first-order chi connectivity index (χ1) is 8.77. The minimum Gasteiger partial charge on any atom is -0.358 e. The predicted molar refractivity (Wildman–Crippen MR) is 95.3 cm³/mol. The van der Waals surface area contributed by atoms with Gasteiger partial charge < -0.3 is 19.8 Å². The molecule has 1 nitrogen and oxygen atoms in total. The van der Waals surface area contributed by atoms with E-state index in [4.69, 9.17) is 0 Å². The molecule has 0 spiro atoms. The monoisotopic (exact) mass is 482 g/mol. The molecule has 118 valence electrons. The third kappa shape index (κ3) is 7.37. The van der Waals surface area contributed by atoms with Gasteiger partial charge in [-0.05, 0) is 38.8 Å². The number of benzene rings is 2. The molecule has 0 aliphatic carbocycles. The summed E-state index contributed by atoms with van der Waals surface area (Å²) in [6.45, 7) is 1.13. The molecule has 0 fully saturated rings. The summed E-state index contributed by atoms with van der Waals surface area (Å²) in [4.78, 5) is 2.27. The van der Waals surface area contributed by atoms with Gasteiger partial charge in [-0.1, -0.05) is 60.7 Å². The Morgan fingerprint density at radius 2 is 1.14 bits per heavy atom. The summed E-state index contributed by atoms with van der Waals surface area (Å²) >= 11 is 0. The minimum absolute atomic E-state index is 0. The Kier molecular flexibility index (Phi) is 13.1. The van der Waals surface area contributed by atoms with Crippen LogP contribution in [0.1, 0.15) is 0 Å². The van der Waals surface area contributed by atoms with Crippen LogP contribution in [0.15, 0.2) is 60.7 Å². The van der Waals surface area contributed by atoms with E-state index in [0.717, 1.165) is 6.54 Å². The van der Waals surface area contributed by atoms with Crippen LogP contribution in [0.4, 0.5) is 0 Å². The number of hydrogen-bond donors (Lipinski definition) is 0. The molecule has 0 aliphatic rings. The standard InChI is InChI=1S/C16H20NP.2CH3.Pt/c1-17(2)13-14-18(15-9-5-3-6-10-15)16-11-7-4-8-12-16;;;/h3-12H,13-14H2,1-2H3;2*1H3;/q;2*-1;+2. The quantitative estimate of drug-likeness (QED) is 0.465. The van der Waals surface area contributed by atoms with E-state index >= 15 is 0 Å². The molecule has 2 aromatic carbocycles.